The van der Waals surface area contributed by atoms with Crippen LogP contribution >= 0.6 is 0 Å². The number of esters is 1. The summed E-state index contributed by atoms with van der Waals surface area (Å²) >= 11 is 0. The van der Waals surface area contributed by atoms with Crippen molar-refractivity contribution in [3.63, 3.8) is 0 Å². The highest BCUT2D eigenvalue weighted by Gasteiger charge is 2.52. The van der Waals surface area contributed by atoms with E-state index in [4.69, 9.17) is 9.47 Å². The minimum absolute atomic E-state index is 0.0168. The lowest BCUT2D eigenvalue weighted by atomic mass is 9.74. The van der Waals surface area contributed by atoms with Crippen molar-refractivity contribution in [3.8, 4) is 11.6 Å². The van der Waals surface area contributed by atoms with Crippen LogP contribution in [0.5, 0.6) is 11.6 Å². The van der Waals surface area contributed by atoms with Crippen molar-refractivity contribution in [1.29, 1.82) is 0 Å². The van der Waals surface area contributed by atoms with Crippen LogP contribution in [0.3, 0.4) is 0 Å². The van der Waals surface area contributed by atoms with Crippen molar-refractivity contribution in [1.82, 2.24) is 18.9 Å². The standard InChI is InChI=1S/C28H34N4O8/c1-14(33)39-11-9-10-15-12-16-18(19-22(34)29(5)26(37)30(6)23(19)35)20-24(36)31(7)27(38)32(8)25(20)40-21(16)17(13-15)28(2,3)4/h12-13,18-19H,9-11H2,1-8H3. The number of nitrogens with zero attached hydrogens (tertiary/aromatic N) is 4. The second kappa shape index (κ2) is 10.1. The van der Waals surface area contributed by atoms with Crippen LogP contribution in [0.25, 0.3) is 0 Å². The summed E-state index contributed by atoms with van der Waals surface area (Å²) in [5, 5.41) is 0. The number of urea groups is 1. The molecule has 2 aromatic rings. The summed E-state index contributed by atoms with van der Waals surface area (Å²) in [5.74, 6) is -4.21. The second-order valence-electron chi connectivity index (χ2n) is 11.3. The molecular formula is C28H34N4O8. The van der Waals surface area contributed by atoms with Gasteiger partial charge in [-0.1, -0.05) is 32.9 Å². The number of amides is 4. The lowest BCUT2D eigenvalue weighted by Crippen LogP contribution is -2.59. The van der Waals surface area contributed by atoms with E-state index in [2.05, 4.69) is 0 Å². The summed E-state index contributed by atoms with van der Waals surface area (Å²) in [4.78, 5) is 79.2. The average molecular weight is 555 g/mol. The van der Waals surface area contributed by atoms with Crippen molar-refractivity contribution in [2.75, 3.05) is 20.7 Å². The summed E-state index contributed by atoms with van der Waals surface area (Å²) in [7, 11) is 5.34. The van der Waals surface area contributed by atoms with Gasteiger partial charge in [0.25, 0.3) is 5.56 Å². The molecule has 4 rings (SSSR count). The number of imide groups is 2. The van der Waals surface area contributed by atoms with Crippen LogP contribution in [0.1, 0.15) is 62.3 Å². The Bertz CT molecular complexity index is 1540. The number of benzene rings is 1. The van der Waals surface area contributed by atoms with E-state index in [1.165, 1.54) is 39.7 Å². The first kappa shape index (κ1) is 28.8. The maximum Gasteiger partial charge on any atom is 0.333 e. The van der Waals surface area contributed by atoms with Gasteiger partial charge >= 0.3 is 17.7 Å². The Morgan fingerprint density at radius 1 is 0.925 bits per heavy atom. The van der Waals surface area contributed by atoms with Gasteiger partial charge in [-0.2, -0.15) is 0 Å². The van der Waals surface area contributed by atoms with E-state index < -0.39 is 46.3 Å². The van der Waals surface area contributed by atoms with Crippen LogP contribution in [0, 0.1) is 5.92 Å². The molecule has 2 aliphatic heterocycles. The van der Waals surface area contributed by atoms with Gasteiger partial charge < -0.3 is 9.47 Å². The molecule has 0 aliphatic carbocycles. The van der Waals surface area contributed by atoms with E-state index in [0.29, 0.717) is 24.2 Å². The fourth-order valence-corrected chi connectivity index (χ4v) is 5.31. The summed E-state index contributed by atoms with van der Waals surface area (Å²) in [6.45, 7) is 7.46. The Labute approximate surface area is 231 Å². The first-order valence-corrected chi connectivity index (χ1v) is 12.9. The van der Waals surface area contributed by atoms with E-state index in [1.807, 2.05) is 26.8 Å². The molecule has 214 valence electrons. The van der Waals surface area contributed by atoms with Crippen molar-refractivity contribution < 1.29 is 28.7 Å². The molecule has 1 saturated heterocycles. The second-order valence-corrected chi connectivity index (χ2v) is 11.3. The Kier molecular flexibility index (Phi) is 7.24. The number of carbonyl (C=O) groups is 4. The Morgan fingerprint density at radius 3 is 2.08 bits per heavy atom. The van der Waals surface area contributed by atoms with Crippen molar-refractivity contribution in [2.45, 2.75) is 51.9 Å². The molecule has 0 spiro atoms. The van der Waals surface area contributed by atoms with Gasteiger partial charge in [0, 0.05) is 52.2 Å². The molecule has 1 fully saturated rings. The highest BCUT2D eigenvalue weighted by atomic mass is 16.5. The lowest BCUT2D eigenvalue weighted by molar-refractivity contribution is -0.148. The molecule has 40 heavy (non-hydrogen) atoms. The third-order valence-corrected chi connectivity index (χ3v) is 7.49. The number of fused-ring (bicyclic) bond motifs is 2. The number of aromatic nitrogens is 2. The monoisotopic (exact) mass is 554 g/mol. The van der Waals surface area contributed by atoms with Gasteiger partial charge in [-0.3, -0.25) is 38.1 Å². The highest BCUT2D eigenvalue weighted by Crippen LogP contribution is 2.51. The quantitative estimate of drug-likeness (QED) is 0.310. The Morgan fingerprint density at radius 2 is 1.52 bits per heavy atom. The molecular weight excluding hydrogens is 520 g/mol. The molecule has 0 radical (unpaired) electrons. The van der Waals surface area contributed by atoms with Crippen molar-refractivity contribution >= 4 is 23.8 Å². The SMILES string of the molecule is CC(=O)OCCCc1cc2c(c(C(C)(C)C)c1)Oc1c(c(=O)n(C)c(=O)n1C)C2C1C(=O)N(C)C(=O)N(C)C1=O. The van der Waals surface area contributed by atoms with Crippen LogP contribution in [-0.2, 0) is 45.1 Å². The van der Waals surface area contributed by atoms with Crippen LogP contribution in [0.4, 0.5) is 4.79 Å². The minimum Gasteiger partial charge on any atom is -0.466 e. The molecule has 0 bridgehead atoms. The van der Waals surface area contributed by atoms with E-state index in [9.17, 15) is 28.8 Å². The lowest BCUT2D eigenvalue weighted by Gasteiger charge is -2.40. The smallest absolute Gasteiger partial charge is 0.333 e. The van der Waals surface area contributed by atoms with Gasteiger partial charge in [0.05, 0.1) is 12.2 Å². The van der Waals surface area contributed by atoms with Gasteiger partial charge in [0.2, 0.25) is 17.7 Å². The summed E-state index contributed by atoms with van der Waals surface area (Å²) < 4.78 is 13.5. The van der Waals surface area contributed by atoms with Gasteiger partial charge in [-0.05, 0) is 23.8 Å². The molecule has 1 aromatic carbocycles. The van der Waals surface area contributed by atoms with E-state index in [1.54, 1.807) is 6.07 Å². The topological polar surface area (TPSA) is 137 Å². The number of hydrogen-bond donors (Lipinski definition) is 0. The number of ether oxygens (including phenoxy) is 2. The molecule has 12 nitrogen and oxygen atoms in total. The summed E-state index contributed by atoms with van der Waals surface area (Å²) in [6, 6.07) is 2.95. The van der Waals surface area contributed by atoms with Gasteiger partial charge in [0.15, 0.2) is 0 Å². The number of carbonyl (C=O) groups excluding carboxylic acids is 4. The fraction of sp³-hybridized carbons (Fsp3) is 0.500. The van der Waals surface area contributed by atoms with Gasteiger partial charge in [-0.25, -0.2) is 9.59 Å². The predicted octanol–water partition coefficient (Wildman–Crippen LogP) is 1.78. The van der Waals surface area contributed by atoms with Crippen LogP contribution in [0.2, 0.25) is 0 Å². The molecule has 1 aromatic heterocycles. The fourth-order valence-electron chi connectivity index (χ4n) is 5.31. The van der Waals surface area contributed by atoms with Gasteiger partial charge in [0.1, 0.15) is 11.7 Å². The first-order valence-electron chi connectivity index (χ1n) is 12.9. The maximum atomic E-state index is 13.6. The van der Waals surface area contributed by atoms with E-state index >= 15 is 0 Å². The normalized spacial score (nSPS) is 17.5. The molecule has 4 amide bonds. The molecule has 0 saturated carbocycles. The zero-order valence-electron chi connectivity index (χ0n) is 24.0. The van der Waals surface area contributed by atoms with E-state index in [-0.39, 0.29) is 24.0 Å². The van der Waals surface area contributed by atoms with Crippen molar-refractivity contribution in [3.05, 3.63) is 55.2 Å². The Balaban J connectivity index is 2.03. The zero-order valence-corrected chi connectivity index (χ0v) is 24.0. The molecule has 1 atom stereocenters. The van der Waals surface area contributed by atoms with E-state index in [0.717, 1.165) is 25.5 Å². The predicted molar refractivity (Wildman–Crippen MR) is 143 cm³/mol. The number of hydrogen-bond acceptors (Lipinski definition) is 8. The number of barbiturate groups is 1. The highest BCUT2D eigenvalue weighted by molar-refractivity contribution is 6.16. The molecule has 0 N–H and O–H groups in total. The molecule has 3 heterocycles. The van der Waals surface area contributed by atoms with Gasteiger partial charge in [-0.15, -0.1) is 0 Å². The van der Waals surface area contributed by atoms with Crippen LogP contribution < -0.4 is 16.0 Å². The molecule has 12 heteroatoms. The van der Waals surface area contributed by atoms with Crippen molar-refractivity contribution in [2.24, 2.45) is 20.0 Å². The molecule has 1 unspecified atom stereocenters. The zero-order chi connectivity index (χ0) is 29.8. The Hall–Kier alpha value is -4.22. The summed E-state index contributed by atoms with van der Waals surface area (Å²) in [5.41, 5.74) is 0.164. The third-order valence-electron chi connectivity index (χ3n) is 7.49. The number of rotatable bonds is 5. The number of aryl methyl sites for hydroxylation is 1. The molecule has 2 aliphatic rings. The third kappa shape index (κ3) is 4.61. The maximum absolute atomic E-state index is 13.6. The largest absolute Gasteiger partial charge is 0.466 e. The average Bonchev–Trinajstić information content (AvgIpc) is 2.89. The van der Waals surface area contributed by atoms with Crippen LogP contribution in [-0.4, -0.2) is 63.5 Å². The van der Waals surface area contributed by atoms with Crippen LogP contribution in [0.15, 0.2) is 21.7 Å². The summed E-state index contributed by atoms with van der Waals surface area (Å²) in [6.07, 6.45) is 1.01. The first-order chi connectivity index (χ1) is 18.6. The minimum atomic E-state index is -1.46.